The van der Waals surface area contributed by atoms with Crippen LogP contribution in [-0.2, 0) is 28.6 Å². The number of ether oxygens (including phenoxy) is 5. The van der Waals surface area contributed by atoms with Crippen molar-refractivity contribution in [3.63, 3.8) is 0 Å². The molecular weight excluding hydrogens is 740 g/mol. The molecule has 12 heteroatoms. The summed E-state index contributed by atoms with van der Waals surface area (Å²) >= 11 is 7.62. The highest BCUT2D eigenvalue weighted by Crippen LogP contribution is 2.72. The number of hydrogen-bond donors (Lipinski definition) is 1. The number of aliphatic hydroxyl groups is 1. The second kappa shape index (κ2) is 17.4. The van der Waals surface area contributed by atoms with Gasteiger partial charge in [-0.05, 0) is 93.1 Å². The standard InChI is InChI=1S/C44H59ClO11/c1-8-10-14-38(49)56-44(28(4)22-33-32-17-16-30-24-31(46)19-20-41(30,5)43(32,45)36(47)25-42(33,44)6)37(48)26-54-40(51)55-34-18-15-29(23-35(34)52-7)39(50)53-21-12-11-13-27(3)9-2/h15,18-20,23-24,27-28,32-33,36,47H,8-14,16-17,21-22,25-26H2,1-7H3. The van der Waals surface area contributed by atoms with Crippen molar-refractivity contribution in [3.05, 3.63) is 47.6 Å². The van der Waals surface area contributed by atoms with Gasteiger partial charge < -0.3 is 28.8 Å². The second-order valence-corrected chi connectivity index (χ2v) is 17.4. The zero-order valence-electron chi connectivity index (χ0n) is 34.0. The fourth-order valence-electron chi connectivity index (χ4n) is 10.2. The number of rotatable bonds is 16. The van der Waals surface area contributed by atoms with Crippen LogP contribution in [0.3, 0.4) is 0 Å². The zero-order chi connectivity index (χ0) is 41.1. The van der Waals surface area contributed by atoms with E-state index >= 15 is 0 Å². The van der Waals surface area contributed by atoms with E-state index in [0.717, 1.165) is 37.7 Å². The Morgan fingerprint density at radius 2 is 1.79 bits per heavy atom. The molecule has 4 aliphatic rings. The van der Waals surface area contributed by atoms with Gasteiger partial charge in [0.25, 0.3) is 0 Å². The van der Waals surface area contributed by atoms with Gasteiger partial charge in [0.2, 0.25) is 5.78 Å². The third-order valence-electron chi connectivity index (χ3n) is 13.5. The molecule has 308 valence electrons. The van der Waals surface area contributed by atoms with Crippen molar-refractivity contribution in [2.75, 3.05) is 20.3 Å². The minimum absolute atomic E-state index is 0.0357. The van der Waals surface area contributed by atoms with E-state index in [-0.39, 0.29) is 54.1 Å². The van der Waals surface area contributed by atoms with Crippen LogP contribution in [0.25, 0.3) is 0 Å². The predicted molar refractivity (Wildman–Crippen MR) is 210 cm³/mol. The summed E-state index contributed by atoms with van der Waals surface area (Å²) in [6.07, 6.45) is 9.56. The number of alkyl halides is 1. The Balaban J connectivity index is 1.33. The van der Waals surface area contributed by atoms with Crippen LogP contribution in [0.2, 0.25) is 0 Å². The molecule has 0 bridgehead atoms. The second-order valence-electron chi connectivity index (χ2n) is 16.8. The van der Waals surface area contributed by atoms with E-state index in [1.54, 1.807) is 6.08 Å². The normalized spacial score (nSPS) is 32.2. The first kappa shape index (κ1) is 43.4. The average Bonchev–Trinajstić information content (AvgIpc) is 3.38. The number of halogens is 1. The minimum Gasteiger partial charge on any atom is -0.493 e. The Labute approximate surface area is 335 Å². The fraction of sp³-hybridized carbons (Fsp3) is 0.659. The van der Waals surface area contributed by atoms with Crippen LogP contribution in [0.4, 0.5) is 4.79 Å². The number of aliphatic hydroxyl groups excluding tert-OH is 1. The van der Waals surface area contributed by atoms with Crippen molar-refractivity contribution in [1.82, 2.24) is 0 Å². The van der Waals surface area contributed by atoms with Gasteiger partial charge in [0, 0.05) is 23.2 Å². The number of carbonyl (C=O) groups is 5. The average molecular weight is 799 g/mol. The van der Waals surface area contributed by atoms with Gasteiger partial charge in [-0.3, -0.25) is 14.4 Å². The van der Waals surface area contributed by atoms with Crippen LogP contribution in [0.15, 0.2) is 42.0 Å². The summed E-state index contributed by atoms with van der Waals surface area (Å²) in [5.41, 5.74) is -2.53. The lowest BCUT2D eigenvalue weighted by Crippen LogP contribution is -2.69. The third kappa shape index (κ3) is 7.79. The van der Waals surface area contributed by atoms with Gasteiger partial charge in [0.15, 0.2) is 29.5 Å². The molecule has 56 heavy (non-hydrogen) atoms. The van der Waals surface area contributed by atoms with Crippen molar-refractivity contribution < 1.29 is 52.8 Å². The minimum atomic E-state index is -1.74. The molecule has 1 N–H and O–H groups in total. The van der Waals surface area contributed by atoms with Crippen LogP contribution in [0, 0.1) is 34.5 Å². The quantitative estimate of drug-likeness (QED) is 0.0563. The molecule has 1 aromatic rings. The van der Waals surface area contributed by atoms with E-state index in [1.807, 2.05) is 33.8 Å². The molecule has 3 fully saturated rings. The van der Waals surface area contributed by atoms with E-state index in [4.69, 9.17) is 35.3 Å². The van der Waals surface area contributed by atoms with E-state index in [1.165, 1.54) is 31.4 Å². The highest BCUT2D eigenvalue weighted by molar-refractivity contribution is 6.26. The lowest BCUT2D eigenvalue weighted by molar-refractivity contribution is -0.203. The van der Waals surface area contributed by atoms with Crippen LogP contribution in [-0.4, -0.2) is 71.7 Å². The summed E-state index contributed by atoms with van der Waals surface area (Å²) in [4.78, 5) is 65.1. The van der Waals surface area contributed by atoms with Crippen molar-refractivity contribution in [3.8, 4) is 11.5 Å². The lowest BCUT2D eigenvalue weighted by Gasteiger charge is -2.64. The topological polar surface area (TPSA) is 152 Å². The molecule has 0 saturated heterocycles. The van der Waals surface area contributed by atoms with E-state index in [2.05, 4.69) is 13.8 Å². The van der Waals surface area contributed by atoms with Gasteiger partial charge in [0.1, 0.15) is 0 Å². The van der Waals surface area contributed by atoms with Crippen LogP contribution < -0.4 is 9.47 Å². The molecule has 9 atom stereocenters. The predicted octanol–water partition coefficient (Wildman–Crippen LogP) is 8.51. The van der Waals surface area contributed by atoms with Crippen molar-refractivity contribution in [2.24, 2.45) is 34.5 Å². The number of carbonyl (C=O) groups excluding carboxylic acids is 5. The first-order chi connectivity index (χ1) is 26.5. The lowest BCUT2D eigenvalue weighted by atomic mass is 9.45. The first-order valence-electron chi connectivity index (χ1n) is 20.3. The molecule has 3 saturated carbocycles. The molecule has 5 rings (SSSR count). The number of methoxy groups -OCH3 is 1. The summed E-state index contributed by atoms with van der Waals surface area (Å²) in [6.45, 7) is 11.5. The maximum Gasteiger partial charge on any atom is 0.514 e. The first-order valence-corrected chi connectivity index (χ1v) is 20.7. The number of hydrogen-bond acceptors (Lipinski definition) is 11. The Morgan fingerprint density at radius 3 is 2.48 bits per heavy atom. The molecule has 1 aromatic carbocycles. The molecular formula is C44H59ClO11. The summed E-state index contributed by atoms with van der Waals surface area (Å²) in [5.74, 6) is -2.21. The van der Waals surface area contributed by atoms with Gasteiger partial charge in [-0.25, -0.2) is 9.59 Å². The summed E-state index contributed by atoms with van der Waals surface area (Å²) in [7, 11) is 1.36. The number of Topliss-reactive ketones (excluding diaryl/α,β-unsaturated/α-hetero) is 1. The van der Waals surface area contributed by atoms with E-state index < -0.39 is 63.8 Å². The van der Waals surface area contributed by atoms with Gasteiger partial charge in [-0.2, -0.15) is 0 Å². The molecule has 0 aromatic heterocycles. The highest BCUT2D eigenvalue weighted by Gasteiger charge is 2.76. The summed E-state index contributed by atoms with van der Waals surface area (Å²) < 4.78 is 28.0. The monoisotopic (exact) mass is 798 g/mol. The van der Waals surface area contributed by atoms with Gasteiger partial charge in [-0.1, -0.05) is 72.5 Å². The van der Waals surface area contributed by atoms with Crippen LogP contribution in [0.1, 0.15) is 123 Å². The maximum atomic E-state index is 14.6. The molecule has 11 nitrogen and oxygen atoms in total. The number of ketones is 2. The van der Waals surface area contributed by atoms with E-state index in [9.17, 15) is 29.1 Å². The zero-order valence-corrected chi connectivity index (χ0v) is 34.7. The smallest absolute Gasteiger partial charge is 0.493 e. The molecule has 4 aliphatic carbocycles. The number of benzene rings is 1. The van der Waals surface area contributed by atoms with Crippen molar-refractivity contribution in [1.29, 1.82) is 0 Å². The largest absolute Gasteiger partial charge is 0.514 e. The molecule has 0 radical (unpaired) electrons. The van der Waals surface area contributed by atoms with E-state index in [0.29, 0.717) is 31.6 Å². The fourth-order valence-corrected chi connectivity index (χ4v) is 10.8. The van der Waals surface area contributed by atoms with Gasteiger partial charge in [0.05, 0.1) is 30.3 Å². The third-order valence-corrected chi connectivity index (χ3v) is 14.5. The molecule has 0 amide bonds. The van der Waals surface area contributed by atoms with Gasteiger partial charge >= 0.3 is 18.1 Å². The summed E-state index contributed by atoms with van der Waals surface area (Å²) in [5, 5.41) is 12.1. The van der Waals surface area contributed by atoms with Crippen LogP contribution in [0.5, 0.6) is 11.5 Å². The van der Waals surface area contributed by atoms with Crippen molar-refractivity contribution in [2.45, 2.75) is 129 Å². The Morgan fingerprint density at radius 1 is 1.04 bits per heavy atom. The Kier molecular flexibility index (Phi) is 13.5. The maximum absolute atomic E-state index is 14.6. The number of esters is 2. The Hall–Kier alpha value is -3.70. The van der Waals surface area contributed by atoms with Crippen LogP contribution >= 0.6 is 11.6 Å². The molecule has 0 heterocycles. The Bertz CT molecular complexity index is 1740. The summed E-state index contributed by atoms with van der Waals surface area (Å²) in [6, 6.07) is 4.23. The van der Waals surface area contributed by atoms with Gasteiger partial charge in [-0.15, -0.1) is 11.6 Å². The molecule has 9 unspecified atom stereocenters. The number of fused-ring (bicyclic) bond motifs is 5. The molecule has 0 aliphatic heterocycles. The number of allylic oxidation sites excluding steroid dienone is 4. The number of unbranched alkanes of at least 4 members (excludes halogenated alkanes) is 2. The van der Waals surface area contributed by atoms with Crippen molar-refractivity contribution >= 4 is 41.3 Å². The SMILES string of the molecule is CCCCC(=O)OC1(C(=O)COC(=O)Oc2ccc(C(=O)OCCCCC(C)CC)cc2OC)C(C)CC2C3CCC4=CC(=O)C=CC4(C)C3(Cl)C(O)CC21C. The molecule has 0 spiro atoms. The highest BCUT2D eigenvalue weighted by atomic mass is 35.5.